The molecule has 1 aliphatic heterocycles. The second-order valence-electron chi connectivity index (χ2n) is 6.07. The summed E-state index contributed by atoms with van der Waals surface area (Å²) in [5.74, 6) is 0. The molecule has 1 unspecified atom stereocenters. The van der Waals surface area contributed by atoms with Crippen LogP contribution in [0, 0.1) is 5.41 Å². The molecule has 2 nitrogen and oxygen atoms in total. The Hall–Kier alpha value is -0.0800. The molecule has 1 saturated heterocycles. The molecular weight excluding hydrogens is 188 g/mol. The summed E-state index contributed by atoms with van der Waals surface area (Å²) >= 11 is 0. The van der Waals surface area contributed by atoms with Gasteiger partial charge in [-0.25, -0.2) is 0 Å². The third-order valence-electron chi connectivity index (χ3n) is 3.98. The van der Waals surface area contributed by atoms with Crippen molar-refractivity contribution in [3.8, 4) is 0 Å². The van der Waals surface area contributed by atoms with E-state index in [1.54, 1.807) is 0 Å². The van der Waals surface area contributed by atoms with E-state index in [9.17, 15) is 0 Å². The highest BCUT2D eigenvalue weighted by molar-refractivity contribution is 4.95. The molecule has 15 heavy (non-hydrogen) atoms. The van der Waals surface area contributed by atoms with Crippen LogP contribution in [0.1, 0.15) is 52.9 Å². The molecule has 2 fully saturated rings. The van der Waals surface area contributed by atoms with Gasteiger partial charge < -0.3 is 9.47 Å². The maximum atomic E-state index is 6.23. The van der Waals surface area contributed by atoms with Crippen LogP contribution < -0.4 is 0 Å². The Labute approximate surface area is 93.3 Å². The van der Waals surface area contributed by atoms with Crippen LogP contribution in [0.5, 0.6) is 0 Å². The van der Waals surface area contributed by atoms with Crippen LogP contribution in [0.15, 0.2) is 0 Å². The molecule has 1 saturated carbocycles. The normalized spacial score (nSPS) is 30.2. The van der Waals surface area contributed by atoms with E-state index in [2.05, 4.69) is 20.8 Å². The van der Waals surface area contributed by atoms with Gasteiger partial charge in [0.05, 0.1) is 18.8 Å². The summed E-state index contributed by atoms with van der Waals surface area (Å²) in [5.41, 5.74) is 0.361. The minimum Gasteiger partial charge on any atom is -0.372 e. The van der Waals surface area contributed by atoms with Gasteiger partial charge in [-0.1, -0.05) is 40.0 Å². The van der Waals surface area contributed by atoms with Gasteiger partial charge in [0.2, 0.25) is 0 Å². The molecule has 0 aromatic rings. The zero-order chi connectivity index (χ0) is 10.9. The van der Waals surface area contributed by atoms with E-state index in [0.717, 1.165) is 13.2 Å². The monoisotopic (exact) mass is 212 g/mol. The first kappa shape index (κ1) is 11.4. The molecule has 2 rings (SSSR count). The van der Waals surface area contributed by atoms with Gasteiger partial charge >= 0.3 is 0 Å². The largest absolute Gasteiger partial charge is 0.372 e. The smallest absolute Gasteiger partial charge is 0.104 e. The summed E-state index contributed by atoms with van der Waals surface area (Å²) in [6.07, 6.45) is 6.87. The Morgan fingerprint density at radius 2 is 1.80 bits per heavy atom. The standard InChI is InChI=1S/C13H24O2/c1-12(2,3)13(7-5-4-6-8-13)15-10-11-9-14-11/h11H,4-10H2,1-3H3. The molecule has 0 aromatic heterocycles. The second kappa shape index (κ2) is 4.06. The first-order chi connectivity index (χ1) is 7.04. The highest BCUT2D eigenvalue weighted by atomic mass is 16.6. The van der Waals surface area contributed by atoms with Gasteiger partial charge in [0.15, 0.2) is 0 Å². The SMILES string of the molecule is CC(C)(C)C1(OCC2CO2)CCCCC1. The van der Waals surface area contributed by atoms with Crippen molar-refractivity contribution in [3.05, 3.63) is 0 Å². The molecule has 1 atom stereocenters. The fourth-order valence-electron chi connectivity index (χ4n) is 2.65. The van der Waals surface area contributed by atoms with Gasteiger partial charge in [0.25, 0.3) is 0 Å². The van der Waals surface area contributed by atoms with Crippen molar-refractivity contribution < 1.29 is 9.47 Å². The molecule has 0 aromatic carbocycles. The molecule has 2 aliphatic rings. The number of rotatable bonds is 3. The van der Waals surface area contributed by atoms with Gasteiger partial charge in [-0.3, -0.25) is 0 Å². The topological polar surface area (TPSA) is 21.8 Å². The zero-order valence-corrected chi connectivity index (χ0v) is 10.3. The molecule has 88 valence electrons. The zero-order valence-electron chi connectivity index (χ0n) is 10.3. The van der Waals surface area contributed by atoms with E-state index in [1.165, 1.54) is 32.1 Å². The van der Waals surface area contributed by atoms with Crippen molar-refractivity contribution in [1.29, 1.82) is 0 Å². The van der Waals surface area contributed by atoms with E-state index in [0.29, 0.717) is 6.10 Å². The number of ether oxygens (including phenoxy) is 2. The van der Waals surface area contributed by atoms with Crippen LogP contribution in [0.3, 0.4) is 0 Å². The van der Waals surface area contributed by atoms with Crippen LogP contribution in [-0.2, 0) is 9.47 Å². The van der Waals surface area contributed by atoms with Gasteiger partial charge in [0.1, 0.15) is 6.10 Å². The molecule has 0 N–H and O–H groups in total. The first-order valence-corrected chi connectivity index (χ1v) is 6.29. The van der Waals surface area contributed by atoms with E-state index in [4.69, 9.17) is 9.47 Å². The second-order valence-corrected chi connectivity index (χ2v) is 6.07. The Kier molecular flexibility index (Phi) is 3.09. The lowest BCUT2D eigenvalue weighted by Gasteiger charge is -2.47. The minimum atomic E-state index is 0.108. The summed E-state index contributed by atoms with van der Waals surface area (Å²) in [6.45, 7) is 8.64. The lowest BCUT2D eigenvalue weighted by atomic mass is 9.68. The van der Waals surface area contributed by atoms with E-state index in [1.807, 2.05) is 0 Å². The Bertz CT molecular complexity index is 207. The summed E-state index contributed by atoms with van der Waals surface area (Å²) in [6, 6.07) is 0. The predicted molar refractivity (Wildman–Crippen MR) is 61.0 cm³/mol. The molecule has 0 spiro atoms. The maximum Gasteiger partial charge on any atom is 0.104 e. The van der Waals surface area contributed by atoms with Gasteiger partial charge in [0, 0.05) is 0 Å². The highest BCUT2D eigenvalue weighted by Crippen LogP contribution is 2.45. The quantitative estimate of drug-likeness (QED) is 0.670. The number of hydrogen-bond acceptors (Lipinski definition) is 2. The summed E-state index contributed by atoms with van der Waals surface area (Å²) in [4.78, 5) is 0. The Morgan fingerprint density at radius 3 is 2.27 bits per heavy atom. The molecule has 2 heteroatoms. The highest BCUT2D eigenvalue weighted by Gasteiger charge is 2.44. The third-order valence-corrected chi connectivity index (χ3v) is 3.98. The summed E-state index contributed by atoms with van der Waals surface area (Å²) < 4.78 is 11.5. The van der Waals surface area contributed by atoms with Crippen molar-refractivity contribution in [3.63, 3.8) is 0 Å². The average Bonchev–Trinajstić information content (AvgIpc) is 2.98. The Morgan fingerprint density at radius 1 is 1.20 bits per heavy atom. The van der Waals surface area contributed by atoms with Crippen molar-refractivity contribution in [2.45, 2.75) is 64.6 Å². The van der Waals surface area contributed by atoms with E-state index < -0.39 is 0 Å². The maximum absolute atomic E-state index is 6.23. The summed E-state index contributed by atoms with van der Waals surface area (Å²) in [5, 5.41) is 0. The van der Waals surface area contributed by atoms with Crippen LogP contribution in [0.2, 0.25) is 0 Å². The minimum absolute atomic E-state index is 0.108. The first-order valence-electron chi connectivity index (χ1n) is 6.29. The molecule has 1 heterocycles. The van der Waals surface area contributed by atoms with Crippen LogP contribution >= 0.6 is 0 Å². The lowest BCUT2D eigenvalue weighted by Crippen LogP contribution is -2.47. The third kappa shape index (κ3) is 2.54. The van der Waals surface area contributed by atoms with Gasteiger partial charge in [-0.05, 0) is 18.3 Å². The molecule has 1 aliphatic carbocycles. The Balaban J connectivity index is 1.99. The fraction of sp³-hybridized carbons (Fsp3) is 1.00. The van der Waals surface area contributed by atoms with Crippen molar-refractivity contribution in [1.82, 2.24) is 0 Å². The molecule has 0 bridgehead atoms. The number of epoxide rings is 1. The molecule has 0 radical (unpaired) electrons. The van der Waals surface area contributed by atoms with Gasteiger partial charge in [-0.15, -0.1) is 0 Å². The number of hydrogen-bond donors (Lipinski definition) is 0. The molecule has 0 amide bonds. The summed E-state index contributed by atoms with van der Waals surface area (Å²) in [7, 11) is 0. The van der Waals surface area contributed by atoms with Crippen molar-refractivity contribution >= 4 is 0 Å². The fourth-order valence-corrected chi connectivity index (χ4v) is 2.65. The molecular formula is C13H24O2. The predicted octanol–water partition coefficient (Wildman–Crippen LogP) is 3.15. The van der Waals surface area contributed by atoms with E-state index >= 15 is 0 Å². The van der Waals surface area contributed by atoms with Crippen molar-refractivity contribution in [2.75, 3.05) is 13.2 Å². The lowest BCUT2D eigenvalue weighted by molar-refractivity contribution is -0.141. The van der Waals surface area contributed by atoms with Crippen LogP contribution in [0.25, 0.3) is 0 Å². The van der Waals surface area contributed by atoms with Gasteiger partial charge in [-0.2, -0.15) is 0 Å². The van der Waals surface area contributed by atoms with Crippen LogP contribution in [0.4, 0.5) is 0 Å². The van der Waals surface area contributed by atoms with Crippen molar-refractivity contribution in [2.24, 2.45) is 5.41 Å². The van der Waals surface area contributed by atoms with E-state index in [-0.39, 0.29) is 11.0 Å². The average molecular weight is 212 g/mol. The van der Waals surface area contributed by atoms with Crippen LogP contribution in [-0.4, -0.2) is 24.9 Å².